The Morgan fingerprint density at radius 2 is 1.90 bits per heavy atom. The summed E-state index contributed by atoms with van der Waals surface area (Å²) in [6, 6.07) is 9.32. The average molecular weight is 525 g/mol. The first kappa shape index (κ1) is 25.1. The molecule has 4 aromatic heterocycles. The molecule has 0 spiro atoms. The van der Waals surface area contributed by atoms with E-state index in [0.717, 1.165) is 18.4 Å². The number of nitrogens with zero attached hydrogens (tertiary/aromatic N) is 5. The summed E-state index contributed by atoms with van der Waals surface area (Å²) in [5.41, 5.74) is 6.54. The number of fused-ring (bicyclic) bond motifs is 3. The Bertz CT molecular complexity index is 1670. The molecule has 2 N–H and O–H groups in total. The molecule has 0 bridgehead atoms. The normalized spacial score (nSPS) is 15.8. The molecule has 0 atom stereocenters. The van der Waals surface area contributed by atoms with Crippen molar-refractivity contribution in [3.63, 3.8) is 0 Å². The van der Waals surface area contributed by atoms with E-state index < -0.39 is 0 Å². The number of aryl methyl sites for hydroxylation is 2. The van der Waals surface area contributed by atoms with Crippen molar-refractivity contribution in [1.29, 1.82) is 0 Å². The molecule has 1 aliphatic carbocycles. The molecule has 4 aromatic rings. The fraction of sp³-hybridized carbons (Fsp3) is 0.333. The molecule has 0 saturated heterocycles. The van der Waals surface area contributed by atoms with Gasteiger partial charge in [-0.15, -0.1) is 0 Å². The first-order valence-electron chi connectivity index (χ1n) is 13.2. The highest BCUT2D eigenvalue weighted by Crippen LogP contribution is 2.40. The minimum Gasteiger partial charge on any atom is -0.392 e. The van der Waals surface area contributed by atoms with Gasteiger partial charge in [-0.3, -0.25) is 14.5 Å². The third-order valence-electron chi connectivity index (χ3n) is 7.74. The number of aliphatic hydroxyl groups is 1. The van der Waals surface area contributed by atoms with Gasteiger partial charge in [0.1, 0.15) is 23.0 Å². The van der Waals surface area contributed by atoms with Gasteiger partial charge < -0.3 is 19.6 Å². The topological polar surface area (TPSA) is 105 Å². The van der Waals surface area contributed by atoms with Crippen LogP contribution in [0.15, 0.2) is 53.7 Å². The van der Waals surface area contributed by atoms with E-state index in [-0.39, 0.29) is 23.5 Å². The molecule has 1 aliphatic heterocycles. The van der Waals surface area contributed by atoms with E-state index in [1.54, 1.807) is 42.7 Å². The van der Waals surface area contributed by atoms with Gasteiger partial charge in [0, 0.05) is 55.5 Å². The summed E-state index contributed by atoms with van der Waals surface area (Å²) in [5, 5.41) is 13.6. The second kappa shape index (κ2) is 9.20. The van der Waals surface area contributed by atoms with Crippen LogP contribution in [-0.4, -0.2) is 36.7 Å². The van der Waals surface area contributed by atoms with Crippen LogP contribution in [0.4, 0.5) is 17.3 Å². The van der Waals surface area contributed by atoms with E-state index >= 15 is 0 Å². The number of hydrogen-bond acceptors (Lipinski definition) is 6. The van der Waals surface area contributed by atoms with Crippen LogP contribution in [0.3, 0.4) is 0 Å². The molecule has 0 saturated carbocycles. The lowest BCUT2D eigenvalue weighted by Gasteiger charge is -2.31. The molecule has 0 unspecified atom stereocenters. The lowest BCUT2D eigenvalue weighted by molar-refractivity contribution is 0.0962. The third-order valence-corrected chi connectivity index (χ3v) is 7.74. The first-order chi connectivity index (χ1) is 18.6. The van der Waals surface area contributed by atoms with Crippen molar-refractivity contribution in [2.24, 2.45) is 12.5 Å². The van der Waals surface area contributed by atoms with E-state index in [0.29, 0.717) is 52.8 Å². The zero-order valence-corrected chi connectivity index (χ0v) is 22.7. The van der Waals surface area contributed by atoms with Crippen molar-refractivity contribution in [3.8, 4) is 11.1 Å². The fourth-order valence-corrected chi connectivity index (χ4v) is 5.88. The Balaban J connectivity index is 1.37. The number of nitrogens with one attached hydrogen (secondary N) is 1. The van der Waals surface area contributed by atoms with Gasteiger partial charge >= 0.3 is 0 Å². The van der Waals surface area contributed by atoms with Crippen LogP contribution < -0.4 is 15.8 Å². The molecular weight excluding hydrogens is 492 g/mol. The van der Waals surface area contributed by atoms with Gasteiger partial charge in [-0.05, 0) is 66.1 Å². The van der Waals surface area contributed by atoms with Crippen LogP contribution in [0.25, 0.3) is 11.1 Å². The van der Waals surface area contributed by atoms with E-state index in [9.17, 15) is 14.7 Å². The van der Waals surface area contributed by atoms with Crippen molar-refractivity contribution in [3.05, 3.63) is 87.4 Å². The summed E-state index contributed by atoms with van der Waals surface area (Å²) in [4.78, 5) is 37.2. The highest BCUT2D eigenvalue weighted by molar-refractivity contribution is 6.06. The van der Waals surface area contributed by atoms with Gasteiger partial charge in [-0.2, -0.15) is 0 Å². The van der Waals surface area contributed by atoms with Crippen molar-refractivity contribution in [1.82, 2.24) is 19.1 Å². The number of pyridine rings is 3. The number of aliphatic hydroxyl groups excluding tert-OH is 1. The number of carbonyl (C=O) groups is 1. The van der Waals surface area contributed by atoms with Crippen LogP contribution in [-0.2, 0) is 33.0 Å². The molecular formula is C30H32N6O3. The Morgan fingerprint density at radius 1 is 1.08 bits per heavy atom. The molecule has 2 aliphatic rings. The predicted octanol–water partition coefficient (Wildman–Crippen LogP) is 3.97. The minimum absolute atomic E-state index is 0.110. The number of amides is 1. The van der Waals surface area contributed by atoms with Crippen LogP contribution in [0, 0.1) is 12.3 Å². The zero-order chi connectivity index (χ0) is 27.5. The highest BCUT2D eigenvalue weighted by atomic mass is 16.3. The van der Waals surface area contributed by atoms with Crippen molar-refractivity contribution < 1.29 is 9.90 Å². The Kier molecular flexibility index (Phi) is 5.91. The standard InChI is InChI=1S/C30H32N6O3/c1-18-5-6-26(32-15-18)33-23-11-20(16-34(4)28(23)38)21-7-8-31-27(22(21)17-37)36-10-9-35-24(29(36)39)12-19-13-30(2,3)14-25(19)35/h5-8,11-12,15-16,37H,9-10,13-14,17H2,1-4H3,(H,32,33). The summed E-state index contributed by atoms with van der Waals surface area (Å²) >= 11 is 0. The summed E-state index contributed by atoms with van der Waals surface area (Å²) in [6.07, 6.45) is 7.03. The highest BCUT2D eigenvalue weighted by Gasteiger charge is 2.37. The molecule has 6 rings (SSSR count). The minimum atomic E-state index is -0.306. The second-order valence-electron chi connectivity index (χ2n) is 11.4. The smallest absolute Gasteiger partial charge is 0.276 e. The van der Waals surface area contributed by atoms with E-state index in [1.165, 1.54) is 15.8 Å². The van der Waals surface area contributed by atoms with Crippen molar-refractivity contribution >= 4 is 23.2 Å². The van der Waals surface area contributed by atoms with Crippen LogP contribution in [0.5, 0.6) is 0 Å². The molecule has 9 nitrogen and oxygen atoms in total. The Morgan fingerprint density at radius 3 is 2.64 bits per heavy atom. The molecule has 0 radical (unpaired) electrons. The van der Waals surface area contributed by atoms with Gasteiger partial charge in [-0.25, -0.2) is 9.97 Å². The van der Waals surface area contributed by atoms with E-state index in [4.69, 9.17) is 0 Å². The van der Waals surface area contributed by atoms with Crippen LogP contribution in [0.2, 0.25) is 0 Å². The first-order valence-corrected chi connectivity index (χ1v) is 13.2. The van der Waals surface area contributed by atoms with Crippen LogP contribution >= 0.6 is 0 Å². The van der Waals surface area contributed by atoms with Crippen LogP contribution in [0.1, 0.15) is 46.7 Å². The van der Waals surface area contributed by atoms with Gasteiger partial charge in [0.15, 0.2) is 0 Å². The summed E-state index contributed by atoms with van der Waals surface area (Å²) in [7, 11) is 1.68. The molecule has 39 heavy (non-hydrogen) atoms. The summed E-state index contributed by atoms with van der Waals surface area (Å²) < 4.78 is 3.66. The van der Waals surface area contributed by atoms with Gasteiger partial charge in [0.25, 0.3) is 11.5 Å². The van der Waals surface area contributed by atoms with Crippen molar-refractivity contribution in [2.45, 2.75) is 46.8 Å². The maximum atomic E-state index is 13.7. The lowest BCUT2D eigenvalue weighted by Crippen LogP contribution is -2.41. The average Bonchev–Trinajstić information content (AvgIpc) is 3.40. The van der Waals surface area contributed by atoms with Crippen molar-refractivity contribution in [2.75, 3.05) is 16.8 Å². The molecule has 200 valence electrons. The largest absolute Gasteiger partial charge is 0.392 e. The second-order valence-corrected chi connectivity index (χ2v) is 11.4. The quantitative estimate of drug-likeness (QED) is 0.409. The summed E-state index contributed by atoms with van der Waals surface area (Å²) in [5.74, 6) is 0.891. The molecule has 9 heteroatoms. The number of carbonyl (C=O) groups excluding carboxylic acids is 1. The summed E-state index contributed by atoms with van der Waals surface area (Å²) in [6.45, 7) is 7.32. The zero-order valence-electron chi connectivity index (χ0n) is 22.7. The van der Waals surface area contributed by atoms with Gasteiger partial charge in [0.2, 0.25) is 0 Å². The van der Waals surface area contributed by atoms with Gasteiger partial charge in [0.05, 0.1) is 6.61 Å². The molecule has 5 heterocycles. The number of hydrogen-bond donors (Lipinski definition) is 2. The predicted molar refractivity (Wildman–Crippen MR) is 150 cm³/mol. The SMILES string of the molecule is Cc1ccc(Nc2cc(-c3ccnc(N4CCn5c(cc6c5CC(C)(C)C6)C4=O)c3CO)cn(C)c2=O)nc1. The van der Waals surface area contributed by atoms with E-state index in [1.807, 2.05) is 25.1 Å². The number of rotatable bonds is 5. The maximum Gasteiger partial charge on any atom is 0.276 e. The monoisotopic (exact) mass is 524 g/mol. The molecule has 0 fully saturated rings. The maximum absolute atomic E-state index is 13.7. The number of anilines is 3. The third kappa shape index (κ3) is 4.32. The lowest BCUT2D eigenvalue weighted by atomic mass is 9.90. The Labute approximate surface area is 226 Å². The fourth-order valence-electron chi connectivity index (χ4n) is 5.88. The number of aromatic nitrogens is 4. The van der Waals surface area contributed by atoms with Gasteiger partial charge in [-0.1, -0.05) is 19.9 Å². The molecule has 1 amide bonds. The molecule has 0 aromatic carbocycles. The van der Waals surface area contributed by atoms with E-state index in [2.05, 4.69) is 33.7 Å². The Hall–Kier alpha value is -4.24.